The number of sulfonamides is 1. The molecule has 0 saturated carbocycles. The number of benzene rings is 3. The van der Waals surface area contributed by atoms with Gasteiger partial charge >= 0.3 is 0 Å². The smallest absolute Gasteiger partial charge is 0.257 e. The number of nitrogens with zero attached hydrogens (tertiary/aromatic N) is 1. The van der Waals surface area contributed by atoms with Gasteiger partial charge in [-0.25, -0.2) is 12.8 Å². The fourth-order valence-electron chi connectivity index (χ4n) is 2.82. The molecule has 0 aliphatic rings. The van der Waals surface area contributed by atoms with Crippen LogP contribution in [0.4, 0.5) is 4.39 Å². The van der Waals surface area contributed by atoms with E-state index in [9.17, 15) is 12.8 Å². The van der Waals surface area contributed by atoms with Crippen LogP contribution >= 0.6 is 11.8 Å². The molecule has 3 rings (SSSR count). The van der Waals surface area contributed by atoms with Crippen LogP contribution in [0, 0.1) is 5.82 Å². The van der Waals surface area contributed by atoms with Crippen LogP contribution in [-0.2, 0) is 10.0 Å². The van der Waals surface area contributed by atoms with Crippen molar-refractivity contribution < 1.29 is 12.8 Å². The molecule has 2 N–H and O–H groups in total. The molecule has 27 heavy (non-hydrogen) atoms. The topological polar surface area (TPSA) is 63.4 Å². The quantitative estimate of drug-likeness (QED) is 0.619. The Kier molecular flexibility index (Phi) is 5.92. The Morgan fingerprint density at radius 2 is 1.30 bits per heavy atom. The highest BCUT2D eigenvalue weighted by molar-refractivity contribution is 7.90. The maximum absolute atomic E-state index is 13.2. The predicted molar refractivity (Wildman–Crippen MR) is 104 cm³/mol. The Balaban J connectivity index is 2.06. The molecule has 2 atom stereocenters. The molecule has 0 bridgehead atoms. The van der Waals surface area contributed by atoms with Crippen molar-refractivity contribution in [3.05, 3.63) is 102 Å². The van der Waals surface area contributed by atoms with E-state index in [1.807, 2.05) is 36.4 Å². The van der Waals surface area contributed by atoms with Crippen molar-refractivity contribution in [3.63, 3.8) is 0 Å². The highest BCUT2D eigenvalue weighted by atomic mass is 35.5. The van der Waals surface area contributed by atoms with E-state index >= 15 is 0 Å². The largest absolute Gasteiger partial charge is 0.322 e. The molecule has 7 heteroatoms. The van der Waals surface area contributed by atoms with Crippen molar-refractivity contribution >= 4 is 21.8 Å². The van der Waals surface area contributed by atoms with E-state index in [-0.39, 0.29) is 4.90 Å². The number of rotatable bonds is 6. The minimum atomic E-state index is -4.10. The van der Waals surface area contributed by atoms with E-state index in [0.717, 1.165) is 21.5 Å². The highest BCUT2D eigenvalue weighted by Crippen LogP contribution is 2.37. The molecular formula is C20H18ClFN2O2S. The zero-order valence-electron chi connectivity index (χ0n) is 14.2. The molecule has 3 aromatic rings. The Morgan fingerprint density at radius 1 is 0.815 bits per heavy atom. The lowest BCUT2D eigenvalue weighted by atomic mass is 9.95. The Morgan fingerprint density at radius 3 is 1.81 bits per heavy atom. The summed E-state index contributed by atoms with van der Waals surface area (Å²) in [5.41, 5.74) is 7.81. The maximum atomic E-state index is 13.2. The first-order valence-electron chi connectivity index (χ1n) is 8.22. The van der Waals surface area contributed by atoms with Crippen molar-refractivity contribution in [1.82, 2.24) is 3.82 Å². The number of hydrogen-bond acceptors (Lipinski definition) is 3. The summed E-state index contributed by atoms with van der Waals surface area (Å²) in [5, 5.41) is 0. The van der Waals surface area contributed by atoms with Gasteiger partial charge in [0.15, 0.2) is 0 Å². The lowest BCUT2D eigenvalue weighted by Crippen LogP contribution is -2.34. The Bertz CT molecular complexity index is 984. The standard InChI is InChI=1S/C20H18ClFN2O2S/c21-24(27(25,26)18-13-11-17(22)12-14-18)20(16-9-5-2-6-10-16)19(23)15-7-3-1-4-8-15/h1-14,19-20H,23H2. The third kappa shape index (κ3) is 4.20. The normalized spacial score (nSPS) is 14.1. The number of nitrogens with two attached hydrogens (primary N) is 1. The first kappa shape index (κ1) is 19.5. The summed E-state index contributed by atoms with van der Waals surface area (Å²) >= 11 is 6.36. The molecule has 4 nitrogen and oxygen atoms in total. The third-order valence-electron chi connectivity index (χ3n) is 4.23. The zero-order valence-corrected chi connectivity index (χ0v) is 15.8. The van der Waals surface area contributed by atoms with Crippen LogP contribution in [-0.4, -0.2) is 12.2 Å². The summed E-state index contributed by atoms with van der Waals surface area (Å²) in [4.78, 5) is -0.111. The molecule has 0 radical (unpaired) electrons. The van der Waals surface area contributed by atoms with Crippen molar-refractivity contribution in [3.8, 4) is 0 Å². The molecule has 3 aromatic carbocycles. The molecular weight excluding hydrogens is 387 g/mol. The van der Waals surface area contributed by atoms with Crippen molar-refractivity contribution in [1.29, 1.82) is 0 Å². The summed E-state index contributed by atoms with van der Waals surface area (Å²) < 4.78 is 39.9. The molecule has 0 aliphatic heterocycles. The minimum absolute atomic E-state index is 0.111. The fourth-order valence-corrected chi connectivity index (χ4v) is 4.52. The summed E-state index contributed by atoms with van der Waals surface area (Å²) in [6.45, 7) is 0. The molecule has 2 unspecified atom stereocenters. The average Bonchev–Trinajstić information content (AvgIpc) is 2.70. The van der Waals surface area contributed by atoms with Crippen molar-refractivity contribution in [2.75, 3.05) is 0 Å². The summed E-state index contributed by atoms with van der Waals surface area (Å²) in [7, 11) is -4.10. The lowest BCUT2D eigenvalue weighted by molar-refractivity contribution is 0.400. The van der Waals surface area contributed by atoms with Crippen LogP contribution in [0.3, 0.4) is 0 Å². The first-order chi connectivity index (χ1) is 12.9. The van der Waals surface area contributed by atoms with Gasteiger partial charge in [0, 0.05) is 0 Å². The van der Waals surface area contributed by atoms with Crippen LogP contribution in [0.15, 0.2) is 89.8 Å². The molecule has 0 aromatic heterocycles. The molecule has 0 aliphatic carbocycles. The second-order valence-corrected chi connectivity index (χ2v) is 8.37. The van der Waals surface area contributed by atoms with E-state index < -0.39 is 27.9 Å². The van der Waals surface area contributed by atoms with Gasteiger partial charge in [0.05, 0.1) is 17.0 Å². The van der Waals surface area contributed by atoms with E-state index in [0.29, 0.717) is 5.56 Å². The van der Waals surface area contributed by atoms with E-state index in [2.05, 4.69) is 0 Å². The van der Waals surface area contributed by atoms with Crippen LogP contribution in [0.5, 0.6) is 0 Å². The van der Waals surface area contributed by atoms with Gasteiger partial charge in [-0.05, 0) is 47.2 Å². The average molecular weight is 405 g/mol. The van der Waals surface area contributed by atoms with Gasteiger partial charge in [-0.3, -0.25) is 0 Å². The van der Waals surface area contributed by atoms with Crippen LogP contribution in [0.25, 0.3) is 0 Å². The molecule has 0 fully saturated rings. The van der Waals surface area contributed by atoms with Gasteiger partial charge in [0.1, 0.15) is 5.82 Å². The predicted octanol–water partition coefficient (Wildman–Crippen LogP) is 4.41. The fraction of sp³-hybridized carbons (Fsp3) is 0.100. The van der Waals surface area contributed by atoms with Gasteiger partial charge in [-0.1, -0.05) is 60.7 Å². The summed E-state index contributed by atoms with van der Waals surface area (Å²) in [5.74, 6) is -0.532. The maximum Gasteiger partial charge on any atom is 0.257 e. The van der Waals surface area contributed by atoms with Gasteiger partial charge in [0.25, 0.3) is 10.0 Å². The molecule has 0 spiro atoms. The number of halogens is 2. The second-order valence-electron chi connectivity index (χ2n) is 5.99. The molecule has 0 heterocycles. The third-order valence-corrected chi connectivity index (χ3v) is 6.54. The van der Waals surface area contributed by atoms with Crippen LogP contribution in [0.1, 0.15) is 23.2 Å². The van der Waals surface area contributed by atoms with E-state index in [1.165, 1.54) is 12.1 Å². The first-order valence-corrected chi connectivity index (χ1v) is 10.0. The summed E-state index contributed by atoms with van der Waals surface area (Å²) in [6, 6.07) is 21.0. The van der Waals surface area contributed by atoms with Gasteiger partial charge in [-0.2, -0.15) is 0 Å². The Labute approximate surface area is 163 Å². The summed E-state index contributed by atoms with van der Waals surface area (Å²) in [6.07, 6.45) is 0. The SMILES string of the molecule is NC(c1ccccc1)C(c1ccccc1)N(Cl)S(=O)(=O)c1ccc(F)cc1. The molecule has 140 valence electrons. The highest BCUT2D eigenvalue weighted by Gasteiger charge is 2.36. The Hall–Kier alpha value is -2.25. The van der Waals surface area contributed by atoms with Crippen LogP contribution in [0.2, 0.25) is 0 Å². The van der Waals surface area contributed by atoms with Gasteiger partial charge in [-0.15, -0.1) is 3.82 Å². The number of hydrogen-bond donors (Lipinski definition) is 1. The zero-order chi connectivity index (χ0) is 19.4. The second kappa shape index (κ2) is 8.19. The monoisotopic (exact) mass is 404 g/mol. The van der Waals surface area contributed by atoms with E-state index in [1.54, 1.807) is 24.3 Å². The van der Waals surface area contributed by atoms with Crippen molar-refractivity contribution in [2.24, 2.45) is 5.73 Å². The minimum Gasteiger partial charge on any atom is -0.322 e. The molecule has 0 saturated heterocycles. The van der Waals surface area contributed by atoms with E-state index in [4.69, 9.17) is 17.5 Å². The van der Waals surface area contributed by atoms with Crippen LogP contribution < -0.4 is 5.73 Å². The molecule has 0 amide bonds. The van der Waals surface area contributed by atoms with Crippen molar-refractivity contribution in [2.45, 2.75) is 17.0 Å². The van der Waals surface area contributed by atoms with Gasteiger partial charge < -0.3 is 5.73 Å². The lowest BCUT2D eigenvalue weighted by Gasteiger charge is -2.30. The van der Waals surface area contributed by atoms with Gasteiger partial charge in [0.2, 0.25) is 0 Å².